The van der Waals surface area contributed by atoms with Crippen molar-refractivity contribution in [1.29, 1.82) is 0 Å². The second-order valence-electron chi connectivity index (χ2n) is 5.13. The maximum Gasteiger partial charge on any atom is 0.233 e. The van der Waals surface area contributed by atoms with Crippen LogP contribution in [0.15, 0.2) is 39.9 Å². The molecule has 1 aromatic heterocycles. The molecule has 0 fully saturated rings. The zero-order valence-corrected chi connectivity index (χ0v) is 12.1. The van der Waals surface area contributed by atoms with E-state index in [0.717, 1.165) is 22.2 Å². The number of halogens is 1. The van der Waals surface area contributed by atoms with Crippen LogP contribution in [0.2, 0.25) is 0 Å². The summed E-state index contributed by atoms with van der Waals surface area (Å²) in [5, 5.41) is 0.956. The van der Waals surface area contributed by atoms with Crippen molar-refractivity contribution in [2.24, 2.45) is 7.05 Å². The molecule has 0 radical (unpaired) electrons. The van der Waals surface area contributed by atoms with Crippen LogP contribution in [0.5, 0.6) is 0 Å². The number of hydrogen-bond donors (Lipinski definition) is 0. The zero-order valence-electron chi connectivity index (χ0n) is 11.3. The van der Waals surface area contributed by atoms with Crippen LogP contribution < -0.4 is 10.9 Å². The number of aryl methyl sites for hydroxylation is 1. The van der Waals surface area contributed by atoms with Gasteiger partial charge in [0.05, 0.1) is 0 Å². The molecule has 102 valence electrons. The molecule has 0 aliphatic carbocycles. The molecule has 0 aliphatic heterocycles. The monoisotopic (exact) mass is 287 g/mol. The second kappa shape index (κ2) is 4.60. The average molecular weight is 288 g/mol. The Labute approximate surface area is 121 Å². The number of benzene rings is 1. The summed E-state index contributed by atoms with van der Waals surface area (Å²) in [6.45, 7) is 1.92. The fraction of sp³-hybridized carbons (Fsp3) is 0.250. The number of nitrogens with zero attached hydrogens (tertiary/aromatic N) is 1. The Morgan fingerprint density at radius 1 is 1.25 bits per heavy atom. The number of rotatable bonds is 3. The fourth-order valence-corrected chi connectivity index (χ4v) is 2.90. The summed E-state index contributed by atoms with van der Waals surface area (Å²) >= 11 is 6.13. The molecule has 4 heteroatoms. The lowest BCUT2D eigenvalue weighted by atomic mass is 9.97. The van der Waals surface area contributed by atoms with Crippen molar-refractivity contribution < 1.29 is 0 Å². The summed E-state index contributed by atoms with van der Waals surface area (Å²) in [5.41, 5.74) is 2.60. The Morgan fingerprint density at radius 2 is 1.95 bits per heavy atom. The number of fused-ring (bicyclic) bond motifs is 1. The van der Waals surface area contributed by atoms with Crippen molar-refractivity contribution in [3.63, 3.8) is 0 Å². The van der Waals surface area contributed by atoms with Gasteiger partial charge in [0.25, 0.3) is 0 Å². The van der Waals surface area contributed by atoms with Crippen molar-refractivity contribution in [1.82, 2.24) is 4.57 Å². The van der Waals surface area contributed by atoms with E-state index in [1.165, 1.54) is 6.07 Å². The Balaban J connectivity index is 2.36. The Kier molecular flexibility index (Phi) is 3.02. The van der Waals surface area contributed by atoms with Gasteiger partial charge in [-0.2, -0.15) is 0 Å². The number of alkyl halides is 1. The van der Waals surface area contributed by atoms with E-state index in [1.54, 1.807) is 0 Å². The molecule has 0 saturated heterocycles. The van der Waals surface area contributed by atoms with Gasteiger partial charge in [-0.1, -0.05) is 18.2 Å². The van der Waals surface area contributed by atoms with Crippen LogP contribution in [0.1, 0.15) is 12.6 Å². The van der Waals surface area contributed by atoms with E-state index < -0.39 is 10.9 Å². The van der Waals surface area contributed by atoms with Crippen LogP contribution in [0.25, 0.3) is 22.0 Å². The Morgan fingerprint density at radius 3 is 2.55 bits per heavy atom. The first kappa shape index (κ1) is 13.1. The van der Waals surface area contributed by atoms with Crippen molar-refractivity contribution in [3.05, 3.63) is 56.5 Å². The van der Waals surface area contributed by atoms with E-state index in [9.17, 15) is 9.59 Å². The minimum absolute atomic E-state index is 0.0387. The van der Waals surface area contributed by atoms with E-state index in [2.05, 4.69) is 4.57 Å². The van der Waals surface area contributed by atoms with Gasteiger partial charge in [0.1, 0.15) is 0 Å². The van der Waals surface area contributed by atoms with Crippen molar-refractivity contribution in [2.45, 2.75) is 18.7 Å². The van der Waals surface area contributed by atoms with Gasteiger partial charge in [-0.3, -0.25) is 9.59 Å². The molecule has 3 nitrogen and oxygen atoms in total. The molecule has 1 heterocycles. The van der Waals surface area contributed by atoms with Crippen molar-refractivity contribution >= 4 is 22.5 Å². The van der Waals surface area contributed by atoms with Gasteiger partial charge in [-0.15, -0.1) is 11.6 Å². The topological polar surface area (TPSA) is 39.1 Å². The molecule has 2 aromatic carbocycles. The predicted molar refractivity (Wildman–Crippen MR) is 82.3 cm³/mol. The lowest BCUT2D eigenvalue weighted by molar-refractivity contribution is 0.811. The molecule has 0 amide bonds. The van der Waals surface area contributed by atoms with E-state index in [0.29, 0.717) is 12.0 Å². The molecule has 0 saturated carbocycles. The smallest absolute Gasteiger partial charge is 0.233 e. The molecule has 20 heavy (non-hydrogen) atoms. The Hall–Kier alpha value is -1.87. The SMILES string of the molecule is CC(Cl)Cc1c(-c2cc(=O)c2=O)c2ccccc2n1C. The third-order valence-corrected chi connectivity index (χ3v) is 3.87. The lowest BCUT2D eigenvalue weighted by Crippen LogP contribution is -2.31. The van der Waals surface area contributed by atoms with Crippen LogP contribution in [0.3, 0.4) is 0 Å². The first-order valence-corrected chi connectivity index (χ1v) is 6.95. The van der Waals surface area contributed by atoms with E-state index >= 15 is 0 Å². The largest absolute Gasteiger partial charge is 0.347 e. The van der Waals surface area contributed by atoms with Gasteiger partial charge in [0.15, 0.2) is 0 Å². The second-order valence-corrected chi connectivity index (χ2v) is 5.88. The van der Waals surface area contributed by atoms with E-state index in [-0.39, 0.29) is 5.38 Å². The zero-order chi connectivity index (χ0) is 14.4. The summed E-state index contributed by atoms with van der Waals surface area (Å²) in [6, 6.07) is 9.30. The van der Waals surface area contributed by atoms with Crippen molar-refractivity contribution in [3.8, 4) is 11.1 Å². The van der Waals surface area contributed by atoms with Crippen LogP contribution in [0.4, 0.5) is 0 Å². The van der Waals surface area contributed by atoms with Gasteiger partial charge in [-0.05, 0) is 13.0 Å². The van der Waals surface area contributed by atoms with Crippen LogP contribution in [-0.2, 0) is 13.5 Å². The normalized spacial score (nSPS) is 13.2. The van der Waals surface area contributed by atoms with Crippen LogP contribution in [-0.4, -0.2) is 9.94 Å². The maximum absolute atomic E-state index is 11.8. The van der Waals surface area contributed by atoms with E-state index in [1.807, 2.05) is 38.2 Å². The number of hydrogen-bond acceptors (Lipinski definition) is 2. The lowest BCUT2D eigenvalue weighted by Gasteiger charge is -2.10. The summed E-state index contributed by atoms with van der Waals surface area (Å²) in [5.74, 6) is 0. The highest BCUT2D eigenvalue weighted by Crippen LogP contribution is 2.33. The summed E-state index contributed by atoms with van der Waals surface area (Å²) in [7, 11) is 1.96. The Bertz CT molecular complexity index is 866. The quantitative estimate of drug-likeness (QED) is 0.549. The van der Waals surface area contributed by atoms with Crippen LogP contribution >= 0.6 is 11.6 Å². The molecule has 0 spiro atoms. The summed E-state index contributed by atoms with van der Waals surface area (Å²) in [4.78, 5) is 23.0. The van der Waals surface area contributed by atoms with Gasteiger partial charge >= 0.3 is 0 Å². The minimum atomic E-state index is -0.419. The summed E-state index contributed by atoms with van der Waals surface area (Å²) in [6.07, 6.45) is 0.654. The molecule has 0 N–H and O–H groups in total. The third kappa shape index (κ3) is 1.81. The van der Waals surface area contributed by atoms with Gasteiger partial charge in [0.2, 0.25) is 10.9 Å². The highest BCUT2D eigenvalue weighted by molar-refractivity contribution is 6.20. The molecule has 0 bridgehead atoms. The third-order valence-electron chi connectivity index (χ3n) is 3.72. The molecular weight excluding hydrogens is 274 g/mol. The maximum atomic E-state index is 11.8. The van der Waals surface area contributed by atoms with Crippen LogP contribution in [0, 0.1) is 0 Å². The molecule has 3 aromatic rings. The van der Waals surface area contributed by atoms with Gasteiger partial charge in [0, 0.05) is 52.6 Å². The molecule has 3 rings (SSSR count). The predicted octanol–water partition coefficient (Wildman–Crippen LogP) is 2.61. The van der Waals surface area contributed by atoms with Crippen molar-refractivity contribution in [2.75, 3.05) is 0 Å². The molecular formula is C16H14ClNO2. The first-order chi connectivity index (χ1) is 9.50. The standard InChI is InChI=1S/C16H14ClNO2/c1-9(17)7-13-15(11-8-14(19)16(11)20)10-5-3-4-6-12(10)18(13)2/h3-6,8-9H,7H2,1-2H3. The van der Waals surface area contributed by atoms with Gasteiger partial charge in [-0.25, -0.2) is 0 Å². The molecule has 1 unspecified atom stereocenters. The number of para-hydroxylation sites is 1. The number of aromatic nitrogens is 1. The fourth-order valence-electron chi connectivity index (χ4n) is 2.75. The first-order valence-electron chi connectivity index (χ1n) is 6.51. The highest BCUT2D eigenvalue weighted by atomic mass is 35.5. The van der Waals surface area contributed by atoms with E-state index in [4.69, 9.17) is 11.6 Å². The molecule has 1 atom stereocenters. The molecule has 0 aliphatic rings. The van der Waals surface area contributed by atoms with Gasteiger partial charge < -0.3 is 4.57 Å². The average Bonchev–Trinajstić information content (AvgIpc) is 2.69. The summed E-state index contributed by atoms with van der Waals surface area (Å²) < 4.78 is 2.06. The minimum Gasteiger partial charge on any atom is -0.347 e. The highest BCUT2D eigenvalue weighted by Gasteiger charge is 2.22.